The van der Waals surface area contributed by atoms with Gasteiger partial charge >= 0.3 is 0 Å². The second-order valence-electron chi connectivity index (χ2n) is 11.9. The van der Waals surface area contributed by atoms with Crippen LogP contribution >= 0.6 is 0 Å². The van der Waals surface area contributed by atoms with E-state index in [1.165, 1.54) is 14.2 Å². The van der Waals surface area contributed by atoms with E-state index in [4.69, 9.17) is 9.47 Å². The Morgan fingerprint density at radius 2 is 1.64 bits per heavy atom. The van der Waals surface area contributed by atoms with Gasteiger partial charge in [0.05, 0.1) is 55.8 Å². The number of hydrogen-bond acceptors (Lipinski definition) is 8. The fraction of sp³-hybridized carbons (Fsp3) is 0.833. The van der Waals surface area contributed by atoms with Gasteiger partial charge in [0.2, 0.25) is 23.6 Å². The molecule has 0 bridgehead atoms. The first-order chi connectivity index (χ1) is 19.8. The molecular weight excluding hydrogens is 542 g/mol. The Hall–Kier alpha value is -2.57. The number of nitrogens with zero attached hydrogens (tertiary/aromatic N) is 3. The molecule has 0 aliphatic carbocycles. The van der Waals surface area contributed by atoms with Crippen LogP contribution in [0.15, 0.2) is 0 Å². The summed E-state index contributed by atoms with van der Waals surface area (Å²) >= 11 is 0. The van der Waals surface area contributed by atoms with Crippen LogP contribution in [0.1, 0.15) is 60.3 Å². The molecule has 0 aromatic carbocycles. The van der Waals surface area contributed by atoms with E-state index in [9.17, 15) is 24.0 Å². The lowest BCUT2D eigenvalue weighted by atomic mass is 9.90. The number of carbonyl (C=O) groups excluding carboxylic acids is 5. The van der Waals surface area contributed by atoms with Crippen molar-refractivity contribution in [3.05, 3.63) is 0 Å². The third-order valence-corrected chi connectivity index (χ3v) is 8.53. The van der Waals surface area contributed by atoms with Gasteiger partial charge in [-0.1, -0.05) is 41.0 Å². The van der Waals surface area contributed by atoms with Crippen molar-refractivity contribution in [2.75, 3.05) is 55.0 Å². The summed E-state index contributed by atoms with van der Waals surface area (Å²) in [5.41, 5.74) is 0. The largest absolute Gasteiger partial charge is 0.379 e. The van der Waals surface area contributed by atoms with Gasteiger partial charge in [-0.05, 0) is 38.8 Å². The molecule has 42 heavy (non-hydrogen) atoms. The lowest BCUT2D eigenvalue weighted by Gasteiger charge is -2.39. The summed E-state index contributed by atoms with van der Waals surface area (Å²) < 4.78 is 11.6. The third kappa shape index (κ3) is 10.0. The Balaban J connectivity index is 3.06. The number of rotatable bonds is 18. The number of methoxy groups -OCH3 is 2. The van der Waals surface area contributed by atoms with Crippen LogP contribution in [0.3, 0.4) is 0 Å². The molecule has 1 saturated heterocycles. The summed E-state index contributed by atoms with van der Waals surface area (Å²) in [6, 6.07) is -1.07. The fourth-order valence-corrected chi connectivity index (χ4v) is 6.15. The molecular formula is C30H55N5O7. The van der Waals surface area contributed by atoms with Crippen molar-refractivity contribution >= 4 is 29.9 Å². The minimum Gasteiger partial charge on any atom is -0.379 e. The van der Waals surface area contributed by atoms with E-state index in [1.54, 1.807) is 23.8 Å². The van der Waals surface area contributed by atoms with Crippen LogP contribution < -0.4 is 10.6 Å². The quantitative estimate of drug-likeness (QED) is 0.223. The van der Waals surface area contributed by atoms with E-state index >= 15 is 0 Å². The minimum atomic E-state index is -0.585. The number of nitrogens with one attached hydrogen (secondary N) is 2. The van der Waals surface area contributed by atoms with Gasteiger partial charge in [-0.15, -0.1) is 0 Å². The highest BCUT2D eigenvalue weighted by Gasteiger charge is 2.42. The van der Waals surface area contributed by atoms with Crippen LogP contribution in [0.4, 0.5) is 0 Å². The molecule has 0 saturated carbocycles. The summed E-state index contributed by atoms with van der Waals surface area (Å²) in [7, 11) is 8.41. The Bertz CT molecular complexity index is 891. The third-order valence-electron chi connectivity index (χ3n) is 8.53. The predicted octanol–water partition coefficient (Wildman–Crippen LogP) is 0.924. The van der Waals surface area contributed by atoms with Crippen molar-refractivity contribution in [1.82, 2.24) is 25.3 Å². The number of ether oxygens (including phenoxy) is 2. The molecule has 1 fully saturated rings. The topological polar surface area (TPSA) is 138 Å². The molecule has 1 aliphatic heterocycles. The van der Waals surface area contributed by atoms with Gasteiger partial charge in [-0.2, -0.15) is 0 Å². The number of likely N-dealkylation sites (tertiary alicyclic amines) is 1. The highest BCUT2D eigenvalue weighted by molar-refractivity contribution is 5.87. The molecule has 4 amide bonds. The van der Waals surface area contributed by atoms with Crippen LogP contribution in [0.5, 0.6) is 0 Å². The lowest BCUT2D eigenvalue weighted by molar-refractivity contribution is -0.146. The highest BCUT2D eigenvalue weighted by atomic mass is 16.5. The first kappa shape index (κ1) is 37.5. The number of hydrogen-bond donors (Lipinski definition) is 2. The summed E-state index contributed by atoms with van der Waals surface area (Å²) in [4.78, 5) is 68.3. The molecule has 1 heterocycles. The van der Waals surface area contributed by atoms with Gasteiger partial charge in [0.25, 0.3) is 0 Å². The molecule has 0 aromatic heterocycles. The second-order valence-corrected chi connectivity index (χ2v) is 11.9. The maximum atomic E-state index is 13.7. The summed E-state index contributed by atoms with van der Waals surface area (Å²) in [6.45, 7) is 9.98. The first-order valence-corrected chi connectivity index (χ1v) is 15.0. The molecule has 5 unspecified atom stereocenters. The number of amides is 4. The fourth-order valence-electron chi connectivity index (χ4n) is 6.15. The Morgan fingerprint density at radius 1 is 1.00 bits per heavy atom. The van der Waals surface area contributed by atoms with E-state index < -0.39 is 24.2 Å². The molecule has 242 valence electrons. The molecule has 1 rings (SSSR count). The molecule has 0 radical (unpaired) electrons. The monoisotopic (exact) mass is 597 g/mol. The zero-order valence-corrected chi connectivity index (χ0v) is 27.3. The number of likely N-dealkylation sites (N-methyl/N-ethyl adjacent to an activating group) is 2. The molecule has 2 N–H and O–H groups in total. The van der Waals surface area contributed by atoms with E-state index in [2.05, 4.69) is 10.6 Å². The van der Waals surface area contributed by atoms with Crippen molar-refractivity contribution in [3.8, 4) is 0 Å². The predicted molar refractivity (Wildman–Crippen MR) is 161 cm³/mol. The van der Waals surface area contributed by atoms with E-state index in [1.807, 2.05) is 46.7 Å². The van der Waals surface area contributed by atoms with Crippen molar-refractivity contribution in [2.45, 2.75) is 90.6 Å². The average Bonchev–Trinajstić information content (AvgIpc) is 3.43. The molecule has 0 spiro atoms. The van der Waals surface area contributed by atoms with Crippen molar-refractivity contribution in [2.24, 2.45) is 17.8 Å². The maximum absolute atomic E-state index is 13.7. The van der Waals surface area contributed by atoms with Crippen LogP contribution in [0, 0.1) is 17.8 Å². The number of aldehydes is 1. The Morgan fingerprint density at radius 3 is 2.14 bits per heavy atom. The Labute approximate surface area is 252 Å². The van der Waals surface area contributed by atoms with Gasteiger partial charge in [0, 0.05) is 27.8 Å². The standard InChI is InChI=1S/C30H55N5O7/c1-11-20(4)27(34(8)25(38)18-32-30(40)26(19(2)3)33(6)7)23(41-9)17-24(37)35-15-12-13-22(35)28(42-10)21(5)29(39)31-14-16-36/h16,19-23,26-28H,11-15,17-18H2,1-10H3,(H,31,39)(H,32,40)/t20-,21?,22?,23?,26?,27-,28?/m0/s1. The van der Waals surface area contributed by atoms with Crippen LogP contribution in [-0.2, 0) is 33.4 Å². The zero-order valence-electron chi connectivity index (χ0n) is 27.3. The minimum absolute atomic E-state index is 0.0141. The van der Waals surface area contributed by atoms with Gasteiger partial charge < -0.3 is 34.7 Å². The Kier molecular flexibility index (Phi) is 16.2. The van der Waals surface area contributed by atoms with Gasteiger partial charge in [0.15, 0.2) is 0 Å². The first-order valence-electron chi connectivity index (χ1n) is 15.0. The molecule has 1 aliphatic rings. The van der Waals surface area contributed by atoms with Crippen molar-refractivity contribution < 1.29 is 33.4 Å². The summed E-state index contributed by atoms with van der Waals surface area (Å²) in [6.07, 6.45) is 1.75. The zero-order chi connectivity index (χ0) is 32.1. The molecule has 0 aromatic rings. The van der Waals surface area contributed by atoms with Crippen LogP contribution in [0.25, 0.3) is 0 Å². The SMILES string of the molecule is CC[C@H](C)[C@@H](C(CC(=O)N1CCCC1C(OC)C(C)C(=O)NCC=O)OC)N(C)C(=O)CNC(=O)C(C(C)C)N(C)C. The van der Waals surface area contributed by atoms with Crippen LogP contribution in [-0.4, -0.2) is 130 Å². The summed E-state index contributed by atoms with van der Waals surface area (Å²) in [5.74, 6) is -1.40. The van der Waals surface area contributed by atoms with Crippen molar-refractivity contribution in [3.63, 3.8) is 0 Å². The van der Waals surface area contributed by atoms with E-state index in [0.717, 1.165) is 12.8 Å². The molecule has 12 heteroatoms. The second kappa shape index (κ2) is 18.2. The van der Waals surface area contributed by atoms with Gasteiger partial charge in [0.1, 0.15) is 6.29 Å². The molecule has 12 nitrogen and oxygen atoms in total. The molecule has 7 atom stereocenters. The highest BCUT2D eigenvalue weighted by Crippen LogP contribution is 2.29. The average molecular weight is 598 g/mol. The van der Waals surface area contributed by atoms with E-state index in [-0.39, 0.29) is 67.1 Å². The van der Waals surface area contributed by atoms with Crippen molar-refractivity contribution in [1.29, 1.82) is 0 Å². The van der Waals surface area contributed by atoms with Gasteiger partial charge in [-0.3, -0.25) is 24.1 Å². The summed E-state index contributed by atoms with van der Waals surface area (Å²) in [5, 5.41) is 5.35. The smallest absolute Gasteiger partial charge is 0.242 e. The normalized spacial score (nSPS) is 19.5. The maximum Gasteiger partial charge on any atom is 0.242 e. The number of carbonyl (C=O) groups is 5. The van der Waals surface area contributed by atoms with Gasteiger partial charge in [-0.25, -0.2) is 0 Å². The van der Waals surface area contributed by atoms with E-state index in [0.29, 0.717) is 19.3 Å². The van der Waals surface area contributed by atoms with Crippen LogP contribution in [0.2, 0.25) is 0 Å². The lowest BCUT2D eigenvalue weighted by Crippen LogP contribution is -2.55.